The molecule has 0 saturated carbocycles. The van der Waals surface area contributed by atoms with Crippen LogP contribution >= 0.6 is 0 Å². The first-order valence-electron chi connectivity index (χ1n) is 18.0. The molecule has 21 nitrogen and oxygen atoms in total. The van der Waals surface area contributed by atoms with E-state index in [1.54, 1.807) is 0 Å². The zero-order valence-electron chi connectivity index (χ0n) is 31.5. The van der Waals surface area contributed by atoms with Crippen molar-refractivity contribution in [3.8, 4) is 5.75 Å². The first kappa shape index (κ1) is 48.0. The normalized spacial score (nSPS) is 12.4. The van der Waals surface area contributed by atoms with E-state index in [0.29, 0.717) is 119 Å². The monoisotopic (exact) mass is 803 g/mol. The molecule has 0 saturated heterocycles. The summed E-state index contributed by atoms with van der Waals surface area (Å²) in [5.74, 6) is -1.31. The average Bonchev–Trinajstić information content (AvgIpc) is 3.50. The Bertz CT molecular complexity index is 1250. The van der Waals surface area contributed by atoms with Crippen LogP contribution in [0.5, 0.6) is 5.75 Å². The number of amides is 3. The fraction of sp³-hybridized carbons (Fsp3) is 0.657. The SMILES string of the molecule is O=C(CN1C(=O)C=CC1=O)NCCOCCOCCOCCOCCOCCOCCOCCOCCOCCOCCOC(=O)Oc1ccc([N+](=O)[O-])cc1. The van der Waals surface area contributed by atoms with Crippen molar-refractivity contribution < 1.29 is 80.9 Å². The van der Waals surface area contributed by atoms with Gasteiger partial charge in [0.2, 0.25) is 5.91 Å². The quantitative estimate of drug-likeness (QED) is 0.0238. The molecule has 0 fully saturated rings. The van der Waals surface area contributed by atoms with Crippen molar-refractivity contribution in [2.75, 3.05) is 152 Å². The van der Waals surface area contributed by atoms with Gasteiger partial charge in [-0.25, -0.2) is 4.79 Å². The number of nitro groups is 1. The van der Waals surface area contributed by atoms with Crippen LogP contribution in [0, 0.1) is 10.1 Å². The van der Waals surface area contributed by atoms with Gasteiger partial charge in [0.15, 0.2) is 0 Å². The molecule has 0 aliphatic carbocycles. The van der Waals surface area contributed by atoms with Gasteiger partial charge in [-0.1, -0.05) is 0 Å². The number of carbonyl (C=O) groups is 4. The molecule has 0 spiro atoms. The van der Waals surface area contributed by atoms with Crippen LogP contribution in [0.1, 0.15) is 0 Å². The number of rotatable bonds is 37. The third-order valence-corrected chi connectivity index (χ3v) is 6.82. The van der Waals surface area contributed by atoms with Gasteiger partial charge in [0, 0.05) is 30.8 Å². The molecule has 0 atom stereocenters. The van der Waals surface area contributed by atoms with Crippen LogP contribution in [-0.4, -0.2) is 186 Å². The number of carbonyl (C=O) groups excluding carboxylic acids is 4. The van der Waals surface area contributed by atoms with Crippen LogP contribution in [0.25, 0.3) is 0 Å². The van der Waals surface area contributed by atoms with Gasteiger partial charge in [0.1, 0.15) is 18.9 Å². The highest BCUT2D eigenvalue weighted by atomic mass is 16.7. The summed E-state index contributed by atoms with van der Waals surface area (Å²) >= 11 is 0. The Hall–Kier alpha value is -4.16. The van der Waals surface area contributed by atoms with Crippen molar-refractivity contribution in [3.63, 3.8) is 0 Å². The highest BCUT2D eigenvalue weighted by Gasteiger charge is 2.25. The summed E-state index contributed by atoms with van der Waals surface area (Å²) in [6.45, 7) is 7.71. The molecule has 0 unspecified atom stereocenters. The number of ether oxygens (including phenoxy) is 12. The number of imide groups is 1. The third-order valence-electron chi connectivity index (χ3n) is 6.82. The number of benzene rings is 1. The van der Waals surface area contributed by atoms with E-state index in [-0.39, 0.29) is 44.3 Å². The largest absolute Gasteiger partial charge is 0.513 e. The van der Waals surface area contributed by atoms with Crippen molar-refractivity contribution in [2.24, 2.45) is 0 Å². The Morgan fingerprint density at radius 3 is 1.23 bits per heavy atom. The smallest absolute Gasteiger partial charge is 0.432 e. The average molecular weight is 804 g/mol. The molecule has 1 aliphatic heterocycles. The maximum atomic E-state index is 11.8. The topological polar surface area (TPSA) is 237 Å². The molecule has 56 heavy (non-hydrogen) atoms. The van der Waals surface area contributed by atoms with Crippen molar-refractivity contribution in [3.05, 3.63) is 46.5 Å². The van der Waals surface area contributed by atoms with E-state index < -0.39 is 28.8 Å². The van der Waals surface area contributed by atoms with Gasteiger partial charge in [-0.15, -0.1) is 0 Å². The predicted octanol–water partition coefficient (Wildman–Crippen LogP) is 0.317. The number of nitro benzene ring substituents is 1. The summed E-state index contributed by atoms with van der Waals surface area (Å²) in [7, 11) is 0. The van der Waals surface area contributed by atoms with E-state index in [9.17, 15) is 29.3 Å². The lowest BCUT2D eigenvalue weighted by molar-refractivity contribution is -0.384. The van der Waals surface area contributed by atoms with E-state index in [1.165, 1.54) is 24.3 Å². The fourth-order valence-corrected chi connectivity index (χ4v) is 4.08. The Morgan fingerprint density at radius 1 is 0.536 bits per heavy atom. The van der Waals surface area contributed by atoms with E-state index in [0.717, 1.165) is 17.1 Å². The Morgan fingerprint density at radius 2 is 0.875 bits per heavy atom. The summed E-state index contributed by atoms with van der Waals surface area (Å²) in [6.07, 6.45) is 1.32. The molecule has 1 aliphatic rings. The van der Waals surface area contributed by atoms with Gasteiger partial charge in [0.25, 0.3) is 17.5 Å². The van der Waals surface area contributed by atoms with Crippen LogP contribution in [-0.2, 0) is 66.5 Å². The van der Waals surface area contributed by atoms with Gasteiger partial charge in [-0.2, -0.15) is 0 Å². The second kappa shape index (κ2) is 33.0. The molecular weight excluding hydrogens is 750 g/mol. The molecule has 2 rings (SSSR count). The van der Waals surface area contributed by atoms with Gasteiger partial charge in [-0.3, -0.25) is 29.4 Å². The minimum Gasteiger partial charge on any atom is -0.432 e. The minimum absolute atomic E-state index is 0.0198. The lowest BCUT2D eigenvalue weighted by atomic mass is 10.3. The fourth-order valence-electron chi connectivity index (χ4n) is 4.08. The predicted molar refractivity (Wildman–Crippen MR) is 192 cm³/mol. The highest BCUT2D eigenvalue weighted by molar-refractivity contribution is 6.14. The van der Waals surface area contributed by atoms with Crippen molar-refractivity contribution in [2.45, 2.75) is 0 Å². The number of hydrogen-bond donors (Lipinski definition) is 1. The second-order valence-corrected chi connectivity index (χ2v) is 11.0. The van der Waals surface area contributed by atoms with E-state index in [2.05, 4.69) is 5.32 Å². The summed E-state index contributed by atoms with van der Waals surface area (Å²) in [4.78, 5) is 57.2. The van der Waals surface area contributed by atoms with Crippen LogP contribution in [0.4, 0.5) is 10.5 Å². The first-order valence-corrected chi connectivity index (χ1v) is 18.0. The molecule has 316 valence electrons. The summed E-state index contributed by atoms with van der Waals surface area (Å²) in [6, 6.07) is 5.04. The molecule has 0 bridgehead atoms. The third kappa shape index (κ3) is 25.8. The Labute approximate surface area is 324 Å². The van der Waals surface area contributed by atoms with Crippen molar-refractivity contribution >= 4 is 29.6 Å². The Balaban J connectivity index is 1.17. The summed E-state index contributed by atoms with van der Waals surface area (Å²) in [5, 5.41) is 13.2. The van der Waals surface area contributed by atoms with Crippen molar-refractivity contribution in [1.82, 2.24) is 10.2 Å². The van der Waals surface area contributed by atoms with E-state index >= 15 is 0 Å². The maximum Gasteiger partial charge on any atom is 0.513 e. The highest BCUT2D eigenvalue weighted by Crippen LogP contribution is 2.17. The molecule has 1 aromatic rings. The number of nitrogens with one attached hydrogen (secondary N) is 1. The standard InChI is InChI=1S/C35H53N3O18/c39-32(29-37-33(40)5-6-34(37)41)36-7-8-45-9-10-46-11-12-47-13-14-48-15-16-49-17-18-50-19-20-51-21-22-52-23-24-53-25-26-54-27-28-55-35(42)56-31-3-1-30(2-4-31)38(43)44/h1-6H,7-29H2,(H,36,39). The van der Waals surface area contributed by atoms with Crippen LogP contribution in [0.3, 0.4) is 0 Å². The zero-order valence-corrected chi connectivity index (χ0v) is 31.5. The zero-order chi connectivity index (χ0) is 40.3. The van der Waals surface area contributed by atoms with Gasteiger partial charge in [0.05, 0.1) is 137 Å². The summed E-state index contributed by atoms with van der Waals surface area (Å²) in [5.41, 5.74) is -0.114. The molecular formula is C35H53N3O18. The van der Waals surface area contributed by atoms with Crippen LogP contribution < -0.4 is 10.1 Å². The molecule has 0 radical (unpaired) electrons. The van der Waals surface area contributed by atoms with E-state index in [1.807, 2.05) is 0 Å². The molecule has 1 aromatic carbocycles. The maximum absolute atomic E-state index is 11.8. The molecule has 21 heteroatoms. The molecule has 1 N–H and O–H groups in total. The van der Waals surface area contributed by atoms with E-state index in [4.69, 9.17) is 56.8 Å². The first-order chi connectivity index (χ1) is 27.4. The lowest BCUT2D eigenvalue weighted by Crippen LogP contribution is -2.41. The summed E-state index contributed by atoms with van der Waals surface area (Å²) < 4.78 is 63.9. The van der Waals surface area contributed by atoms with Gasteiger partial charge in [-0.05, 0) is 12.1 Å². The number of non-ortho nitro benzene ring substituents is 1. The molecule has 3 amide bonds. The van der Waals surface area contributed by atoms with Gasteiger partial charge < -0.3 is 62.2 Å². The lowest BCUT2D eigenvalue weighted by Gasteiger charge is -2.13. The Kier molecular flexibility index (Phi) is 28.3. The van der Waals surface area contributed by atoms with Crippen LogP contribution in [0.2, 0.25) is 0 Å². The van der Waals surface area contributed by atoms with Crippen LogP contribution in [0.15, 0.2) is 36.4 Å². The number of hydrogen-bond acceptors (Lipinski definition) is 18. The number of nitrogens with zero attached hydrogens (tertiary/aromatic N) is 2. The molecule has 1 heterocycles. The second-order valence-electron chi connectivity index (χ2n) is 11.0. The van der Waals surface area contributed by atoms with Crippen molar-refractivity contribution in [1.29, 1.82) is 0 Å². The minimum atomic E-state index is -0.937. The van der Waals surface area contributed by atoms with Gasteiger partial charge >= 0.3 is 6.16 Å². The molecule has 0 aromatic heterocycles.